The van der Waals surface area contributed by atoms with Gasteiger partial charge in [0.1, 0.15) is 5.02 Å². The van der Waals surface area contributed by atoms with E-state index in [0.29, 0.717) is 24.7 Å². The van der Waals surface area contributed by atoms with Gasteiger partial charge in [-0.05, 0) is 34.0 Å². The van der Waals surface area contributed by atoms with Crippen molar-refractivity contribution in [1.29, 1.82) is 0 Å². The number of thiophene rings is 1. The first-order valence-electron chi connectivity index (χ1n) is 6.21. The highest BCUT2D eigenvalue weighted by atomic mass is 79.9. The summed E-state index contributed by atoms with van der Waals surface area (Å²) < 4.78 is 2.48. The molecule has 0 fully saturated rings. The Kier molecular flexibility index (Phi) is 5.23. The van der Waals surface area contributed by atoms with E-state index in [1.165, 1.54) is 4.68 Å². The van der Waals surface area contributed by atoms with Crippen molar-refractivity contribution in [3.05, 3.63) is 42.4 Å². The second kappa shape index (κ2) is 6.74. The molecule has 0 radical (unpaired) electrons. The maximum absolute atomic E-state index is 12.1. The fraction of sp³-hybridized carbons (Fsp3) is 0.385. The highest BCUT2D eigenvalue weighted by molar-refractivity contribution is 9.11. The molecule has 2 aromatic rings. The van der Waals surface area contributed by atoms with Gasteiger partial charge in [0.2, 0.25) is 0 Å². The van der Waals surface area contributed by atoms with Gasteiger partial charge in [0.15, 0.2) is 0 Å². The molecule has 4 nitrogen and oxygen atoms in total. The summed E-state index contributed by atoms with van der Waals surface area (Å²) in [5, 5.41) is 7.48. The Bertz CT molecular complexity index is 653. The van der Waals surface area contributed by atoms with Crippen LogP contribution in [0, 0.1) is 5.92 Å². The van der Waals surface area contributed by atoms with E-state index >= 15 is 0 Å². The van der Waals surface area contributed by atoms with E-state index in [9.17, 15) is 4.79 Å². The summed E-state index contributed by atoms with van der Waals surface area (Å²) in [6.07, 6.45) is 1.61. The lowest BCUT2D eigenvalue weighted by Crippen LogP contribution is -2.26. The molecular weight excluding hydrogens is 362 g/mol. The van der Waals surface area contributed by atoms with E-state index in [0.717, 1.165) is 8.66 Å². The van der Waals surface area contributed by atoms with E-state index in [1.807, 2.05) is 26.0 Å². The lowest BCUT2D eigenvalue weighted by molar-refractivity contribution is 0.464. The largest absolute Gasteiger partial charge is 0.377 e. The zero-order valence-corrected chi connectivity index (χ0v) is 14.3. The molecule has 0 spiro atoms. The molecular formula is C13H15BrClN3OS. The van der Waals surface area contributed by atoms with E-state index in [4.69, 9.17) is 11.6 Å². The zero-order chi connectivity index (χ0) is 14.7. The van der Waals surface area contributed by atoms with Crippen LogP contribution in [0.4, 0.5) is 5.69 Å². The predicted molar refractivity (Wildman–Crippen MR) is 87.7 cm³/mol. The van der Waals surface area contributed by atoms with Crippen LogP contribution < -0.4 is 10.9 Å². The number of hydrogen-bond donors (Lipinski definition) is 1. The minimum absolute atomic E-state index is 0.191. The summed E-state index contributed by atoms with van der Waals surface area (Å²) in [7, 11) is 0. The van der Waals surface area contributed by atoms with Crippen molar-refractivity contribution in [2.75, 3.05) is 5.32 Å². The molecule has 2 heterocycles. The number of rotatable bonds is 5. The van der Waals surface area contributed by atoms with Crippen molar-refractivity contribution in [3.63, 3.8) is 0 Å². The maximum Gasteiger partial charge on any atom is 0.287 e. The number of nitrogens with one attached hydrogen (secondary N) is 1. The van der Waals surface area contributed by atoms with Crippen LogP contribution in [0.1, 0.15) is 18.7 Å². The lowest BCUT2D eigenvalue weighted by Gasteiger charge is -2.11. The van der Waals surface area contributed by atoms with Gasteiger partial charge in [0.05, 0.1) is 15.7 Å². The molecule has 0 aliphatic carbocycles. The van der Waals surface area contributed by atoms with Crippen molar-refractivity contribution in [3.8, 4) is 0 Å². The van der Waals surface area contributed by atoms with Gasteiger partial charge in [-0.2, -0.15) is 5.10 Å². The fourth-order valence-electron chi connectivity index (χ4n) is 1.69. The van der Waals surface area contributed by atoms with Gasteiger partial charge >= 0.3 is 0 Å². The van der Waals surface area contributed by atoms with Crippen LogP contribution in [-0.4, -0.2) is 9.78 Å². The van der Waals surface area contributed by atoms with Crippen molar-refractivity contribution in [2.45, 2.75) is 26.9 Å². The molecule has 0 amide bonds. The molecule has 1 N–H and O–H groups in total. The summed E-state index contributed by atoms with van der Waals surface area (Å²) in [5.41, 5.74) is 0.318. The van der Waals surface area contributed by atoms with Crippen molar-refractivity contribution < 1.29 is 0 Å². The Labute approximate surface area is 134 Å². The first-order valence-corrected chi connectivity index (χ1v) is 8.20. The average molecular weight is 377 g/mol. The van der Waals surface area contributed by atoms with Crippen LogP contribution in [0.3, 0.4) is 0 Å². The Balaban J connectivity index is 2.13. The highest BCUT2D eigenvalue weighted by Crippen LogP contribution is 2.24. The standard InChI is InChI=1S/C13H15BrClN3OS/c1-8(2)7-18-13(19)12(15)10(6-17-18)16-5-9-3-4-11(14)20-9/h3-4,6,8,16H,5,7H2,1-2H3. The number of anilines is 1. The molecule has 0 saturated heterocycles. The minimum Gasteiger partial charge on any atom is -0.377 e. The number of halogens is 2. The molecule has 20 heavy (non-hydrogen) atoms. The Morgan fingerprint density at radius 3 is 2.85 bits per heavy atom. The minimum atomic E-state index is -0.252. The lowest BCUT2D eigenvalue weighted by atomic mass is 10.2. The van der Waals surface area contributed by atoms with E-state index in [1.54, 1.807) is 17.5 Å². The SMILES string of the molecule is CC(C)Cn1ncc(NCc2ccc(Br)s2)c(Cl)c1=O. The van der Waals surface area contributed by atoms with Gasteiger partial charge in [-0.15, -0.1) is 11.3 Å². The number of aromatic nitrogens is 2. The Hall–Kier alpha value is -0.850. The molecule has 108 valence electrons. The van der Waals surface area contributed by atoms with Gasteiger partial charge in [-0.25, -0.2) is 4.68 Å². The second-order valence-electron chi connectivity index (χ2n) is 4.81. The summed E-state index contributed by atoms with van der Waals surface area (Å²) in [6.45, 7) is 5.24. The monoisotopic (exact) mass is 375 g/mol. The summed E-state index contributed by atoms with van der Waals surface area (Å²) in [6, 6.07) is 4.01. The Morgan fingerprint density at radius 1 is 1.50 bits per heavy atom. The third kappa shape index (κ3) is 3.84. The molecule has 2 aromatic heterocycles. The molecule has 0 unspecified atom stereocenters. The van der Waals surface area contributed by atoms with E-state index in [-0.39, 0.29) is 10.6 Å². The third-order valence-electron chi connectivity index (χ3n) is 2.60. The van der Waals surface area contributed by atoms with Crippen LogP contribution >= 0.6 is 38.9 Å². The highest BCUT2D eigenvalue weighted by Gasteiger charge is 2.10. The quantitative estimate of drug-likeness (QED) is 0.858. The predicted octanol–water partition coefficient (Wildman–Crippen LogP) is 3.99. The van der Waals surface area contributed by atoms with Crippen LogP contribution in [0.25, 0.3) is 0 Å². The van der Waals surface area contributed by atoms with Gasteiger partial charge in [-0.1, -0.05) is 25.4 Å². The second-order valence-corrected chi connectivity index (χ2v) is 7.74. The summed E-state index contributed by atoms with van der Waals surface area (Å²) in [4.78, 5) is 13.2. The molecule has 0 bridgehead atoms. The van der Waals surface area contributed by atoms with Crippen molar-refractivity contribution in [2.24, 2.45) is 5.92 Å². The molecule has 0 aliphatic rings. The van der Waals surface area contributed by atoms with Gasteiger partial charge in [0.25, 0.3) is 5.56 Å². The first-order chi connectivity index (χ1) is 9.47. The number of nitrogens with zero attached hydrogens (tertiary/aromatic N) is 2. The number of hydrogen-bond acceptors (Lipinski definition) is 4. The van der Waals surface area contributed by atoms with E-state index in [2.05, 4.69) is 26.3 Å². The summed E-state index contributed by atoms with van der Waals surface area (Å²) >= 11 is 11.2. The summed E-state index contributed by atoms with van der Waals surface area (Å²) in [5.74, 6) is 0.346. The fourth-order valence-corrected chi connectivity index (χ4v) is 3.33. The molecule has 0 aromatic carbocycles. The zero-order valence-electron chi connectivity index (χ0n) is 11.2. The molecule has 7 heteroatoms. The topological polar surface area (TPSA) is 46.9 Å². The first kappa shape index (κ1) is 15.5. The van der Waals surface area contributed by atoms with Crippen molar-refractivity contribution in [1.82, 2.24) is 9.78 Å². The maximum atomic E-state index is 12.1. The normalized spacial score (nSPS) is 11.1. The van der Waals surface area contributed by atoms with Crippen LogP contribution in [0.5, 0.6) is 0 Å². The van der Waals surface area contributed by atoms with Gasteiger partial charge in [-0.3, -0.25) is 4.79 Å². The third-order valence-corrected chi connectivity index (χ3v) is 4.59. The van der Waals surface area contributed by atoms with Crippen LogP contribution in [0.15, 0.2) is 26.9 Å². The van der Waals surface area contributed by atoms with Gasteiger partial charge < -0.3 is 5.32 Å². The molecule has 0 atom stereocenters. The van der Waals surface area contributed by atoms with Gasteiger partial charge in [0, 0.05) is 18.0 Å². The average Bonchev–Trinajstić information content (AvgIpc) is 2.79. The smallest absolute Gasteiger partial charge is 0.287 e. The Morgan fingerprint density at radius 2 is 2.25 bits per heavy atom. The van der Waals surface area contributed by atoms with Crippen LogP contribution in [-0.2, 0) is 13.1 Å². The molecule has 0 aliphatic heterocycles. The van der Waals surface area contributed by atoms with Crippen LogP contribution in [0.2, 0.25) is 5.02 Å². The van der Waals surface area contributed by atoms with E-state index < -0.39 is 0 Å². The molecule has 2 rings (SSSR count). The van der Waals surface area contributed by atoms with Crippen molar-refractivity contribution >= 4 is 44.6 Å². The molecule has 0 saturated carbocycles.